The minimum atomic E-state index is -0.445. The maximum absolute atomic E-state index is 13.8. The summed E-state index contributed by atoms with van der Waals surface area (Å²) in [6, 6.07) is 7.76. The van der Waals surface area contributed by atoms with E-state index in [4.69, 9.17) is 0 Å². The average Bonchev–Trinajstić information content (AvgIpc) is 3.20. The summed E-state index contributed by atoms with van der Waals surface area (Å²) >= 11 is 1.81. The molecule has 0 amide bonds. The third-order valence-corrected chi connectivity index (χ3v) is 5.85. The predicted molar refractivity (Wildman–Crippen MR) is 127 cm³/mol. The lowest BCUT2D eigenvalue weighted by molar-refractivity contribution is 0.179. The van der Waals surface area contributed by atoms with Crippen molar-refractivity contribution in [2.75, 3.05) is 26.2 Å². The normalized spacial score (nSPS) is 15.8. The molecule has 0 atom stereocenters. The zero-order valence-electron chi connectivity index (χ0n) is 16.7. The molecule has 0 bridgehead atoms. The van der Waals surface area contributed by atoms with Gasteiger partial charge < -0.3 is 10.6 Å². The first kappa shape index (κ1) is 24.0. The van der Waals surface area contributed by atoms with Gasteiger partial charge in [-0.25, -0.2) is 13.8 Å². The third-order valence-electron chi connectivity index (χ3n) is 4.98. The Hall–Kier alpha value is -1.26. The number of hydrogen-bond donors (Lipinski definition) is 2. The van der Waals surface area contributed by atoms with Crippen LogP contribution in [-0.2, 0) is 13.1 Å². The SMILES string of the molecule is CCNC(=NCc1cc(F)ccc1F)NCC1CCN(Cc2cccs2)CC1.I. The topological polar surface area (TPSA) is 39.7 Å². The van der Waals surface area contributed by atoms with Gasteiger partial charge in [-0.15, -0.1) is 35.3 Å². The van der Waals surface area contributed by atoms with Gasteiger partial charge in [0.25, 0.3) is 0 Å². The van der Waals surface area contributed by atoms with Crippen LogP contribution in [0.3, 0.4) is 0 Å². The molecule has 0 saturated carbocycles. The van der Waals surface area contributed by atoms with E-state index in [0.717, 1.165) is 57.7 Å². The largest absolute Gasteiger partial charge is 0.357 e. The molecule has 1 saturated heterocycles. The molecule has 3 rings (SSSR count). The molecule has 0 spiro atoms. The second kappa shape index (κ2) is 12.4. The molecule has 2 N–H and O–H groups in total. The van der Waals surface area contributed by atoms with Crippen molar-refractivity contribution in [1.29, 1.82) is 0 Å². The number of nitrogens with zero attached hydrogens (tertiary/aromatic N) is 2. The maximum atomic E-state index is 13.8. The number of halogens is 3. The molecule has 29 heavy (non-hydrogen) atoms. The molecule has 1 aromatic carbocycles. The van der Waals surface area contributed by atoms with E-state index in [2.05, 4.69) is 38.0 Å². The second-order valence-electron chi connectivity index (χ2n) is 7.11. The molecule has 1 fully saturated rings. The Bertz CT molecular complexity index is 762. The molecule has 0 radical (unpaired) electrons. The van der Waals surface area contributed by atoms with Gasteiger partial charge in [0.2, 0.25) is 0 Å². The maximum Gasteiger partial charge on any atom is 0.191 e. The van der Waals surface area contributed by atoms with Crippen LogP contribution in [-0.4, -0.2) is 37.0 Å². The van der Waals surface area contributed by atoms with Crippen molar-refractivity contribution in [3.05, 3.63) is 57.8 Å². The van der Waals surface area contributed by atoms with E-state index < -0.39 is 11.6 Å². The average molecular weight is 534 g/mol. The van der Waals surface area contributed by atoms with Gasteiger partial charge >= 0.3 is 0 Å². The van der Waals surface area contributed by atoms with Crippen LogP contribution in [0.15, 0.2) is 40.7 Å². The highest BCUT2D eigenvalue weighted by molar-refractivity contribution is 14.0. The van der Waals surface area contributed by atoms with Crippen molar-refractivity contribution < 1.29 is 8.78 Å². The van der Waals surface area contributed by atoms with Crippen molar-refractivity contribution >= 4 is 41.3 Å². The molecule has 8 heteroatoms. The summed E-state index contributed by atoms with van der Waals surface area (Å²) < 4.78 is 27.1. The molecule has 160 valence electrons. The number of thiophene rings is 1. The second-order valence-corrected chi connectivity index (χ2v) is 8.14. The standard InChI is InChI=1S/C21H28F2N4S.HI/c1-2-24-21(26-14-17-12-18(22)5-6-20(17)23)25-13-16-7-9-27(10-8-16)15-19-4-3-11-28-19;/h3-6,11-12,16H,2,7-10,13-15H2,1H3,(H2,24,25,26);1H. The number of piperidine rings is 1. The van der Waals surface area contributed by atoms with Gasteiger partial charge in [0.15, 0.2) is 5.96 Å². The van der Waals surface area contributed by atoms with Crippen molar-refractivity contribution in [3.8, 4) is 0 Å². The lowest BCUT2D eigenvalue weighted by Gasteiger charge is -2.32. The number of guanidine groups is 1. The highest BCUT2D eigenvalue weighted by atomic mass is 127. The van der Waals surface area contributed by atoms with Crippen LogP contribution < -0.4 is 10.6 Å². The summed E-state index contributed by atoms with van der Waals surface area (Å²) in [6.07, 6.45) is 2.30. The van der Waals surface area contributed by atoms with Crippen molar-refractivity contribution in [2.45, 2.75) is 32.9 Å². The molecule has 1 aliphatic heterocycles. The number of likely N-dealkylation sites (tertiary alicyclic amines) is 1. The molecule has 4 nitrogen and oxygen atoms in total. The predicted octanol–water partition coefficient (Wildman–Crippen LogP) is 4.61. The van der Waals surface area contributed by atoms with Crippen LogP contribution >= 0.6 is 35.3 Å². The van der Waals surface area contributed by atoms with E-state index in [9.17, 15) is 8.78 Å². The molecule has 0 aliphatic carbocycles. The first-order chi connectivity index (χ1) is 13.6. The summed E-state index contributed by atoms with van der Waals surface area (Å²) in [5, 5.41) is 8.67. The fourth-order valence-corrected chi connectivity index (χ4v) is 4.13. The highest BCUT2D eigenvalue weighted by Crippen LogP contribution is 2.20. The Kier molecular flexibility index (Phi) is 10.3. The summed E-state index contributed by atoms with van der Waals surface area (Å²) in [6.45, 7) is 6.90. The van der Waals surface area contributed by atoms with Crippen molar-refractivity contribution in [3.63, 3.8) is 0 Å². The Morgan fingerprint density at radius 1 is 1.21 bits per heavy atom. The van der Waals surface area contributed by atoms with Gasteiger partial charge in [-0.1, -0.05) is 6.07 Å². The van der Waals surface area contributed by atoms with Gasteiger partial charge in [-0.3, -0.25) is 4.90 Å². The summed E-state index contributed by atoms with van der Waals surface area (Å²) in [4.78, 5) is 8.34. The van der Waals surface area contributed by atoms with Gasteiger partial charge in [0, 0.05) is 30.1 Å². The van der Waals surface area contributed by atoms with E-state index >= 15 is 0 Å². The number of aliphatic imine (C=N–C) groups is 1. The fourth-order valence-electron chi connectivity index (χ4n) is 3.38. The van der Waals surface area contributed by atoms with Gasteiger partial charge in [0.1, 0.15) is 11.6 Å². The van der Waals surface area contributed by atoms with Crippen molar-refractivity contribution in [2.24, 2.45) is 10.9 Å². The van der Waals surface area contributed by atoms with Crippen molar-refractivity contribution in [1.82, 2.24) is 15.5 Å². The third kappa shape index (κ3) is 7.82. The molecule has 1 aliphatic rings. The van der Waals surface area contributed by atoms with Gasteiger partial charge in [-0.2, -0.15) is 0 Å². The lowest BCUT2D eigenvalue weighted by Crippen LogP contribution is -2.42. The first-order valence-corrected chi connectivity index (χ1v) is 10.7. The zero-order chi connectivity index (χ0) is 19.8. The summed E-state index contributed by atoms with van der Waals surface area (Å²) in [5.41, 5.74) is 0.263. The minimum Gasteiger partial charge on any atom is -0.357 e. The van der Waals surface area contributed by atoms with Gasteiger partial charge in [-0.05, 0) is 68.4 Å². The molecule has 1 aromatic heterocycles. The van der Waals surface area contributed by atoms with E-state index in [1.165, 1.54) is 10.9 Å². The quantitative estimate of drug-likeness (QED) is 0.310. The smallest absolute Gasteiger partial charge is 0.191 e. The number of benzene rings is 1. The van der Waals surface area contributed by atoms with Crippen LogP contribution in [0.25, 0.3) is 0 Å². The molecular weight excluding hydrogens is 505 g/mol. The highest BCUT2D eigenvalue weighted by Gasteiger charge is 2.19. The van der Waals surface area contributed by atoms with E-state index in [1.54, 1.807) is 0 Å². The van der Waals surface area contributed by atoms with Crippen LogP contribution in [0, 0.1) is 17.6 Å². The van der Waals surface area contributed by atoms with E-state index in [1.807, 2.05) is 18.3 Å². The Morgan fingerprint density at radius 2 is 2.00 bits per heavy atom. The van der Waals surface area contributed by atoms with Crippen LogP contribution in [0.5, 0.6) is 0 Å². The summed E-state index contributed by atoms with van der Waals surface area (Å²) in [5.74, 6) is 0.361. The zero-order valence-corrected chi connectivity index (χ0v) is 19.8. The number of nitrogens with one attached hydrogen (secondary N) is 2. The lowest BCUT2D eigenvalue weighted by atomic mass is 9.97. The van der Waals surface area contributed by atoms with Crippen LogP contribution in [0.2, 0.25) is 0 Å². The van der Waals surface area contributed by atoms with Crippen LogP contribution in [0.4, 0.5) is 8.78 Å². The molecule has 0 unspecified atom stereocenters. The molecule has 2 heterocycles. The number of hydrogen-bond acceptors (Lipinski definition) is 3. The Labute approximate surface area is 192 Å². The minimum absolute atomic E-state index is 0. The Balaban J connectivity index is 0.00000300. The van der Waals surface area contributed by atoms with Gasteiger partial charge in [0.05, 0.1) is 6.54 Å². The molecule has 2 aromatic rings. The van der Waals surface area contributed by atoms with E-state index in [0.29, 0.717) is 11.9 Å². The fraction of sp³-hybridized carbons (Fsp3) is 0.476. The summed E-state index contributed by atoms with van der Waals surface area (Å²) in [7, 11) is 0. The number of rotatable bonds is 7. The monoisotopic (exact) mass is 534 g/mol. The Morgan fingerprint density at radius 3 is 2.69 bits per heavy atom. The first-order valence-electron chi connectivity index (χ1n) is 9.85. The van der Waals surface area contributed by atoms with Crippen LogP contribution in [0.1, 0.15) is 30.2 Å². The molecular formula is C21H29F2IN4S. The van der Waals surface area contributed by atoms with E-state index in [-0.39, 0.29) is 36.1 Å².